The van der Waals surface area contributed by atoms with E-state index in [1.165, 1.54) is 0 Å². The van der Waals surface area contributed by atoms with Crippen LogP contribution in [0.2, 0.25) is 0 Å². The van der Waals surface area contributed by atoms with E-state index in [1.807, 2.05) is 0 Å². The van der Waals surface area contributed by atoms with Gasteiger partial charge in [-0.2, -0.15) is 0 Å². The van der Waals surface area contributed by atoms with Gasteiger partial charge >= 0.3 is 11.9 Å². The van der Waals surface area contributed by atoms with Gasteiger partial charge in [-0.25, -0.2) is 0 Å². The average Bonchev–Trinajstić information content (AvgIpc) is 3.16. The van der Waals surface area contributed by atoms with Gasteiger partial charge in [0.25, 0.3) is 0 Å². The Bertz CT molecular complexity index is 1180. The summed E-state index contributed by atoms with van der Waals surface area (Å²) in [5, 5.41) is 11.1. The SMILES string of the molecule is CC/C=C\C/C=C\C/C=C\C/C=C\C/C=C\CCCCCC(=O)OC(CC/C=C\C/C=C\C/C=C\C/C=C\CC)CCCCCCCC(=O)NCC(=O)O. The number of allylic oxidation sites excluding steroid dienone is 18. The second kappa shape index (κ2) is 41.8. The number of aliphatic carboxylic acids is 1. The minimum atomic E-state index is -1.03. The van der Waals surface area contributed by atoms with E-state index in [-0.39, 0.29) is 24.5 Å². The Hall–Kier alpha value is -3.93. The Morgan fingerprint density at radius 3 is 1.39 bits per heavy atom. The van der Waals surface area contributed by atoms with Crippen LogP contribution in [0.25, 0.3) is 0 Å². The molecule has 0 bridgehead atoms. The molecule has 0 heterocycles. The number of rotatable bonds is 36. The van der Waals surface area contributed by atoms with Crippen LogP contribution >= 0.6 is 0 Å². The van der Waals surface area contributed by atoms with Crippen molar-refractivity contribution in [2.24, 2.45) is 0 Å². The number of hydrogen-bond donors (Lipinski definition) is 2. The molecule has 6 nitrogen and oxygen atoms in total. The molecule has 0 saturated heterocycles. The Morgan fingerprint density at radius 1 is 0.481 bits per heavy atom. The van der Waals surface area contributed by atoms with Gasteiger partial charge < -0.3 is 15.2 Å². The van der Waals surface area contributed by atoms with E-state index < -0.39 is 5.97 Å². The van der Waals surface area contributed by atoms with Crippen molar-refractivity contribution in [3.8, 4) is 0 Å². The third-order valence-electron chi connectivity index (χ3n) is 8.45. The van der Waals surface area contributed by atoms with Gasteiger partial charge in [0.2, 0.25) is 5.91 Å². The molecule has 2 N–H and O–H groups in total. The van der Waals surface area contributed by atoms with Gasteiger partial charge in [0, 0.05) is 12.8 Å². The van der Waals surface area contributed by atoms with Crippen LogP contribution in [-0.2, 0) is 19.1 Å². The number of amides is 1. The monoisotopic (exact) mass is 746 g/mol. The molecule has 0 aromatic rings. The Morgan fingerprint density at radius 2 is 0.889 bits per heavy atom. The average molecular weight is 746 g/mol. The van der Waals surface area contributed by atoms with Gasteiger partial charge in [0.1, 0.15) is 12.6 Å². The molecule has 302 valence electrons. The molecule has 0 fully saturated rings. The first kappa shape index (κ1) is 50.1. The normalized spacial score (nSPS) is 13.2. The summed E-state index contributed by atoms with van der Waals surface area (Å²) < 4.78 is 5.97. The number of nitrogens with one attached hydrogen (secondary N) is 1. The summed E-state index contributed by atoms with van der Waals surface area (Å²) in [5.41, 5.74) is 0. The minimum Gasteiger partial charge on any atom is -0.480 e. The number of unbranched alkanes of at least 4 members (excludes halogenated alkanes) is 7. The molecule has 0 rings (SSSR count). The number of carboxylic acid groups (broad SMARTS) is 1. The van der Waals surface area contributed by atoms with Crippen LogP contribution in [0.4, 0.5) is 0 Å². The second-order valence-electron chi connectivity index (χ2n) is 13.5. The molecule has 1 amide bonds. The van der Waals surface area contributed by atoms with E-state index >= 15 is 0 Å². The van der Waals surface area contributed by atoms with Gasteiger partial charge in [-0.15, -0.1) is 0 Å². The standard InChI is InChI=1S/C48H75NO5/c1-3-5-7-9-11-13-15-17-18-19-20-21-22-24-26-28-30-35-39-43-48(53)54-45(41-37-33-31-34-38-42-46(50)49-44-47(51)52)40-36-32-29-27-25-23-16-14-12-10-8-6-4-2/h5-8,11-14,17-18,20-21,23-26,29,32,45H,3-4,9-10,15-16,19,22,27-28,30-31,33-44H2,1-2H3,(H,49,50)(H,51,52)/b7-5-,8-6-,13-11-,14-12-,18-17-,21-20-,25-23-,26-24-,32-29-. The molecular formula is C48H75NO5. The molecule has 0 aromatic heterocycles. The van der Waals surface area contributed by atoms with Crippen molar-refractivity contribution in [3.63, 3.8) is 0 Å². The summed E-state index contributed by atoms with van der Waals surface area (Å²) in [6.07, 6.45) is 60.6. The fraction of sp³-hybridized carbons (Fsp3) is 0.562. The maximum Gasteiger partial charge on any atom is 0.322 e. The number of carboxylic acids is 1. The highest BCUT2D eigenvalue weighted by Crippen LogP contribution is 2.17. The van der Waals surface area contributed by atoms with Gasteiger partial charge in [-0.1, -0.05) is 149 Å². The first-order chi connectivity index (χ1) is 26.5. The molecule has 0 aliphatic carbocycles. The first-order valence-corrected chi connectivity index (χ1v) is 21.0. The fourth-order valence-corrected chi connectivity index (χ4v) is 5.41. The van der Waals surface area contributed by atoms with Crippen LogP contribution in [0.3, 0.4) is 0 Å². The zero-order valence-electron chi connectivity index (χ0n) is 34.0. The summed E-state index contributed by atoms with van der Waals surface area (Å²) in [4.78, 5) is 35.0. The Labute approximate surface area is 330 Å². The predicted octanol–water partition coefficient (Wildman–Crippen LogP) is 13.1. The zero-order valence-corrected chi connectivity index (χ0v) is 34.0. The smallest absolute Gasteiger partial charge is 0.322 e. The predicted molar refractivity (Wildman–Crippen MR) is 230 cm³/mol. The van der Waals surface area contributed by atoms with Crippen molar-refractivity contribution in [3.05, 3.63) is 109 Å². The molecule has 1 atom stereocenters. The van der Waals surface area contributed by atoms with Gasteiger partial charge in [-0.05, 0) is 109 Å². The van der Waals surface area contributed by atoms with Crippen molar-refractivity contribution in [1.29, 1.82) is 0 Å². The number of ether oxygens (including phenoxy) is 1. The molecule has 1 unspecified atom stereocenters. The van der Waals surface area contributed by atoms with E-state index in [1.54, 1.807) is 0 Å². The maximum absolute atomic E-state index is 12.7. The van der Waals surface area contributed by atoms with E-state index in [9.17, 15) is 14.4 Å². The lowest BCUT2D eigenvalue weighted by atomic mass is 10.0. The number of carbonyl (C=O) groups excluding carboxylic acids is 2. The summed E-state index contributed by atoms with van der Waals surface area (Å²) in [7, 11) is 0. The second-order valence-corrected chi connectivity index (χ2v) is 13.5. The van der Waals surface area contributed by atoms with E-state index in [0.717, 1.165) is 135 Å². The van der Waals surface area contributed by atoms with Crippen molar-refractivity contribution in [2.75, 3.05) is 6.54 Å². The van der Waals surface area contributed by atoms with Crippen LogP contribution in [0.5, 0.6) is 0 Å². The highest BCUT2D eigenvalue weighted by atomic mass is 16.5. The maximum atomic E-state index is 12.7. The molecular weight excluding hydrogens is 671 g/mol. The lowest BCUT2D eigenvalue weighted by Gasteiger charge is -2.17. The summed E-state index contributed by atoms with van der Waals surface area (Å²) in [6, 6.07) is 0. The molecule has 0 spiro atoms. The van der Waals surface area contributed by atoms with Gasteiger partial charge in [0.05, 0.1) is 0 Å². The molecule has 0 radical (unpaired) electrons. The lowest BCUT2D eigenvalue weighted by Crippen LogP contribution is -2.28. The summed E-state index contributed by atoms with van der Waals surface area (Å²) >= 11 is 0. The largest absolute Gasteiger partial charge is 0.480 e. The van der Waals surface area contributed by atoms with Crippen molar-refractivity contribution < 1.29 is 24.2 Å². The quantitative estimate of drug-likeness (QED) is 0.0378. The van der Waals surface area contributed by atoms with E-state index in [4.69, 9.17) is 9.84 Å². The molecule has 0 aliphatic heterocycles. The zero-order chi connectivity index (χ0) is 39.4. The van der Waals surface area contributed by atoms with Crippen LogP contribution in [0.15, 0.2) is 109 Å². The van der Waals surface area contributed by atoms with Crippen LogP contribution in [0, 0.1) is 0 Å². The van der Waals surface area contributed by atoms with E-state index in [0.29, 0.717) is 12.8 Å². The third-order valence-corrected chi connectivity index (χ3v) is 8.45. The highest BCUT2D eigenvalue weighted by molar-refractivity contribution is 5.80. The molecule has 6 heteroatoms. The third kappa shape index (κ3) is 40.8. The van der Waals surface area contributed by atoms with Crippen LogP contribution in [-0.4, -0.2) is 35.6 Å². The van der Waals surface area contributed by atoms with Gasteiger partial charge in [0.15, 0.2) is 0 Å². The molecule has 0 aliphatic rings. The fourth-order valence-electron chi connectivity index (χ4n) is 5.41. The molecule has 0 saturated carbocycles. The topological polar surface area (TPSA) is 92.7 Å². The highest BCUT2D eigenvalue weighted by Gasteiger charge is 2.14. The Kier molecular flexibility index (Phi) is 38.8. The number of esters is 1. The summed E-state index contributed by atoms with van der Waals surface area (Å²) in [6.45, 7) is 3.97. The number of hydrogen-bond acceptors (Lipinski definition) is 4. The lowest BCUT2D eigenvalue weighted by molar-refractivity contribution is -0.150. The van der Waals surface area contributed by atoms with E-state index in [2.05, 4.69) is 129 Å². The molecule has 0 aromatic carbocycles. The van der Waals surface area contributed by atoms with Crippen molar-refractivity contribution >= 4 is 17.8 Å². The van der Waals surface area contributed by atoms with Crippen molar-refractivity contribution in [1.82, 2.24) is 5.32 Å². The van der Waals surface area contributed by atoms with Crippen molar-refractivity contribution in [2.45, 2.75) is 168 Å². The molecule has 54 heavy (non-hydrogen) atoms. The first-order valence-electron chi connectivity index (χ1n) is 21.0. The van der Waals surface area contributed by atoms with Crippen LogP contribution in [0.1, 0.15) is 162 Å². The van der Waals surface area contributed by atoms with Crippen LogP contribution < -0.4 is 5.32 Å². The Balaban J connectivity index is 4.38. The van der Waals surface area contributed by atoms with Gasteiger partial charge in [-0.3, -0.25) is 14.4 Å². The number of carbonyl (C=O) groups is 3. The minimum absolute atomic E-state index is 0.0762. The summed E-state index contributed by atoms with van der Waals surface area (Å²) in [5.74, 6) is -1.33.